The highest BCUT2D eigenvalue weighted by Crippen LogP contribution is 2.16. The SMILES string of the molecule is C=Cc1cccc(CC[Si](C)(OC)OC)c1. The van der Waals surface area contributed by atoms with Crippen LogP contribution in [-0.2, 0) is 15.3 Å². The van der Waals surface area contributed by atoms with Gasteiger partial charge in [-0.1, -0.05) is 36.9 Å². The first kappa shape index (κ1) is 13.2. The summed E-state index contributed by atoms with van der Waals surface area (Å²) in [6.07, 6.45) is 2.86. The van der Waals surface area contributed by atoms with Crippen molar-refractivity contribution in [1.29, 1.82) is 0 Å². The summed E-state index contributed by atoms with van der Waals surface area (Å²) in [5.74, 6) is 0. The smallest absolute Gasteiger partial charge is 0.334 e. The standard InChI is InChI=1S/C13H20O2Si/c1-5-12-7-6-8-13(11-12)9-10-16(4,14-2)15-3/h5-8,11H,1,9-10H2,2-4H3. The molecule has 1 aromatic carbocycles. The van der Waals surface area contributed by atoms with Crippen LogP contribution < -0.4 is 0 Å². The van der Waals surface area contributed by atoms with Crippen molar-refractivity contribution in [2.75, 3.05) is 14.2 Å². The Kier molecular flexibility index (Phi) is 4.93. The van der Waals surface area contributed by atoms with Crippen molar-refractivity contribution in [1.82, 2.24) is 0 Å². The fourth-order valence-electron chi connectivity index (χ4n) is 1.53. The van der Waals surface area contributed by atoms with Gasteiger partial charge in [-0.15, -0.1) is 0 Å². The Morgan fingerprint density at radius 2 is 2.00 bits per heavy atom. The predicted octanol–water partition coefficient (Wildman–Crippen LogP) is 3.24. The van der Waals surface area contributed by atoms with E-state index in [0.717, 1.165) is 18.0 Å². The van der Waals surface area contributed by atoms with Crippen molar-refractivity contribution < 1.29 is 8.85 Å². The number of hydrogen-bond acceptors (Lipinski definition) is 2. The van der Waals surface area contributed by atoms with E-state index in [9.17, 15) is 0 Å². The third-order valence-corrected chi connectivity index (χ3v) is 5.80. The third-order valence-electron chi connectivity index (χ3n) is 2.92. The molecule has 0 saturated carbocycles. The van der Waals surface area contributed by atoms with E-state index in [1.54, 1.807) is 14.2 Å². The minimum atomic E-state index is -1.93. The Bertz CT molecular complexity index is 346. The van der Waals surface area contributed by atoms with Crippen molar-refractivity contribution in [3.8, 4) is 0 Å². The molecule has 0 aliphatic carbocycles. The van der Waals surface area contributed by atoms with Crippen molar-refractivity contribution in [2.24, 2.45) is 0 Å². The highest BCUT2D eigenvalue weighted by Gasteiger charge is 2.27. The summed E-state index contributed by atoms with van der Waals surface area (Å²) >= 11 is 0. The van der Waals surface area contributed by atoms with Crippen LogP contribution in [0.2, 0.25) is 12.6 Å². The van der Waals surface area contributed by atoms with Gasteiger partial charge >= 0.3 is 8.56 Å². The molecule has 0 unspecified atom stereocenters. The van der Waals surface area contributed by atoms with Gasteiger partial charge in [-0.05, 0) is 30.1 Å². The monoisotopic (exact) mass is 236 g/mol. The van der Waals surface area contributed by atoms with Gasteiger partial charge in [0, 0.05) is 14.2 Å². The zero-order chi connectivity index (χ0) is 12.0. The lowest BCUT2D eigenvalue weighted by Crippen LogP contribution is -2.36. The van der Waals surface area contributed by atoms with Crippen molar-refractivity contribution in [3.63, 3.8) is 0 Å². The van der Waals surface area contributed by atoms with Gasteiger partial charge in [0.25, 0.3) is 0 Å². The summed E-state index contributed by atoms with van der Waals surface area (Å²) in [5, 5.41) is 0. The maximum absolute atomic E-state index is 5.46. The fraction of sp³-hybridized carbons (Fsp3) is 0.385. The summed E-state index contributed by atoms with van der Waals surface area (Å²) in [6, 6.07) is 9.38. The lowest BCUT2D eigenvalue weighted by molar-refractivity contribution is 0.249. The first-order valence-corrected chi connectivity index (χ1v) is 7.97. The molecule has 0 atom stereocenters. The average molecular weight is 236 g/mol. The maximum atomic E-state index is 5.46. The van der Waals surface area contributed by atoms with E-state index in [1.807, 2.05) is 6.08 Å². The van der Waals surface area contributed by atoms with E-state index in [4.69, 9.17) is 8.85 Å². The normalized spacial score (nSPS) is 11.4. The molecular formula is C13H20O2Si. The largest absolute Gasteiger partial charge is 0.398 e. The molecule has 0 aliphatic rings. The second-order valence-corrected chi connectivity index (χ2v) is 7.58. The second-order valence-electron chi connectivity index (χ2n) is 3.99. The topological polar surface area (TPSA) is 18.5 Å². The minimum Gasteiger partial charge on any atom is -0.398 e. The molecule has 0 fully saturated rings. The van der Waals surface area contributed by atoms with Crippen LogP contribution in [-0.4, -0.2) is 22.8 Å². The lowest BCUT2D eigenvalue weighted by atomic mass is 10.1. The van der Waals surface area contributed by atoms with E-state index in [2.05, 4.69) is 37.4 Å². The van der Waals surface area contributed by atoms with E-state index >= 15 is 0 Å². The van der Waals surface area contributed by atoms with E-state index in [-0.39, 0.29) is 0 Å². The third kappa shape index (κ3) is 3.59. The van der Waals surface area contributed by atoms with Crippen molar-refractivity contribution >= 4 is 14.6 Å². The summed E-state index contributed by atoms with van der Waals surface area (Å²) in [5.41, 5.74) is 2.47. The first-order chi connectivity index (χ1) is 7.63. The van der Waals surface area contributed by atoms with Gasteiger partial charge in [-0.25, -0.2) is 0 Å². The summed E-state index contributed by atoms with van der Waals surface area (Å²) < 4.78 is 10.9. The Morgan fingerprint density at radius 1 is 1.31 bits per heavy atom. The Balaban J connectivity index is 2.63. The molecule has 2 nitrogen and oxygen atoms in total. The number of rotatable bonds is 6. The van der Waals surface area contributed by atoms with E-state index in [1.165, 1.54) is 5.56 Å². The predicted molar refractivity (Wildman–Crippen MR) is 70.7 cm³/mol. The van der Waals surface area contributed by atoms with Gasteiger partial charge in [0.15, 0.2) is 0 Å². The molecule has 0 saturated heterocycles. The van der Waals surface area contributed by atoms with Crippen molar-refractivity contribution in [2.45, 2.75) is 19.0 Å². The van der Waals surface area contributed by atoms with Crippen LogP contribution in [0, 0.1) is 0 Å². The van der Waals surface area contributed by atoms with Crippen molar-refractivity contribution in [3.05, 3.63) is 42.0 Å². The molecular weight excluding hydrogens is 216 g/mol. The van der Waals surface area contributed by atoms with Gasteiger partial charge in [0.2, 0.25) is 0 Å². The Morgan fingerprint density at radius 3 is 2.56 bits per heavy atom. The van der Waals surface area contributed by atoms with Crippen LogP contribution in [0.5, 0.6) is 0 Å². The summed E-state index contributed by atoms with van der Waals surface area (Å²) in [6.45, 7) is 5.86. The summed E-state index contributed by atoms with van der Waals surface area (Å²) in [7, 11) is 1.53. The molecule has 88 valence electrons. The highest BCUT2D eigenvalue weighted by atomic mass is 28.4. The average Bonchev–Trinajstić information content (AvgIpc) is 2.36. The molecule has 1 rings (SSSR count). The van der Waals surface area contributed by atoms with Crippen LogP contribution >= 0.6 is 0 Å². The second kappa shape index (κ2) is 5.99. The molecule has 16 heavy (non-hydrogen) atoms. The molecule has 1 aromatic rings. The van der Waals surface area contributed by atoms with Crippen LogP contribution in [0.4, 0.5) is 0 Å². The van der Waals surface area contributed by atoms with Crippen LogP contribution in [0.15, 0.2) is 30.8 Å². The number of benzene rings is 1. The van der Waals surface area contributed by atoms with Gasteiger partial charge in [0.1, 0.15) is 0 Å². The molecule has 0 radical (unpaired) electrons. The number of hydrogen-bond donors (Lipinski definition) is 0. The molecule has 0 bridgehead atoms. The first-order valence-electron chi connectivity index (χ1n) is 5.45. The van der Waals surface area contributed by atoms with Crippen LogP contribution in [0.3, 0.4) is 0 Å². The van der Waals surface area contributed by atoms with E-state index in [0.29, 0.717) is 0 Å². The molecule has 0 spiro atoms. The molecule has 0 heterocycles. The maximum Gasteiger partial charge on any atom is 0.334 e. The number of aryl methyl sites for hydroxylation is 1. The lowest BCUT2D eigenvalue weighted by Gasteiger charge is -2.22. The van der Waals surface area contributed by atoms with Gasteiger partial charge in [-0.2, -0.15) is 0 Å². The zero-order valence-electron chi connectivity index (χ0n) is 10.3. The van der Waals surface area contributed by atoms with Gasteiger partial charge < -0.3 is 8.85 Å². The van der Waals surface area contributed by atoms with Crippen LogP contribution in [0.25, 0.3) is 6.08 Å². The Hall–Kier alpha value is -0.903. The molecule has 0 N–H and O–H groups in total. The van der Waals surface area contributed by atoms with E-state index < -0.39 is 8.56 Å². The zero-order valence-corrected chi connectivity index (χ0v) is 11.3. The molecule has 0 aromatic heterocycles. The van der Waals surface area contributed by atoms with Crippen LogP contribution in [0.1, 0.15) is 11.1 Å². The minimum absolute atomic E-state index is 0.973. The summed E-state index contributed by atoms with van der Waals surface area (Å²) in [4.78, 5) is 0. The highest BCUT2D eigenvalue weighted by molar-refractivity contribution is 6.65. The van der Waals surface area contributed by atoms with Gasteiger partial charge in [-0.3, -0.25) is 0 Å². The molecule has 3 heteroatoms. The molecule has 0 aliphatic heterocycles. The van der Waals surface area contributed by atoms with Gasteiger partial charge in [0.05, 0.1) is 0 Å². The Labute approximate surface area is 99.2 Å². The molecule has 0 amide bonds. The fourth-order valence-corrected chi connectivity index (χ4v) is 2.85. The quantitative estimate of drug-likeness (QED) is 0.706.